The van der Waals surface area contributed by atoms with E-state index < -0.39 is 0 Å². The van der Waals surface area contributed by atoms with Crippen molar-refractivity contribution in [3.8, 4) is 0 Å². The van der Waals surface area contributed by atoms with Gasteiger partial charge in [-0.1, -0.05) is 0 Å². The first-order valence-corrected chi connectivity index (χ1v) is 5.80. The number of rotatable bonds is 0. The van der Waals surface area contributed by atoms with E-state index in [4.69, 9.17) is 0 Å². The molecule has 0 nitrogen and oxygen atoms in total. The number of benzene rings is 1. The molecule has 0 amide bonds. The van der Waals surface area contributed by atoms with Crippen LogP contribution in [0.15, 0.2) is 30.3 Å². The predicted molar refractivity (Wildman–Crippen MR) is 47.4 cm³/mol. The molecule has 0 saturated carbocycles. The fourth-order valence-corrected chi connectivity index (χ4v) is 2.77. The van der Waals surface area contributed by atoms with Gasteiger partial charge in [-0.2, -0.15) is 0 Å². The third-order valence-corrected chi connectivity index (χ3v) is 3.88. The first kappa shape index (κ1) is 8.19. The molecule has 1 aromatic rings. The topological polar surface area (TPSA) is 0 Å². The summed E-state index contributed by atoms with van der Waals surface area (Å²) >= 11 is 1.34. The molecule has 1 heteroatoms. The fourth-order valence-electron chi connectivity index (χ4n) is 1.75. The molecule has 0 N–H and O–H groups in total. The molecule has 1 aromatic carbocycles. The maximum absolute atomic E-state index is 2.36. The van der Waals surface area contributed by atoms with E-state index in [2.05, 4.69) is 43.3 Å². The van der Waals surface area contributed by atoms with E-state index in [0.717, 1.165) is 0 Å². The summed E-state index contributed by atoms with van der Waals surface area (Å²) < 4.78 is 0.450. The van der Waals surface area contributed by atoms with Crippen molar-refractivity contribution in [2.24, 2.45) is 0 Å². The Labute approximate surface area is 83.4 Å². The number of hydrogen-bond acceptors (Lipinski definition) is 0. The number of fused-ring (bicyclic) bond motifs is 1. The van der Waals surface area contributed by atoms with Crippen molar-refractivity contribution in [2.45, 2.75) is 17.4 Å². The molecular weight excluding hydrogens is 198 g/mol. The van der Waals surface area contributed by atoms with Gasteiger partial charge < -0.3 is 0 Å². The van der Waals surface area contributed by atoms with E-state index >= 15 is 0 Å². The molecule has 2 rings (SSSR count). The Balaban J connectivity index is 2.60. The summed E-state index contributed by atoms with van der Waals surface area (Å²) in [6.07, 6.45) is 5.75. The Hall–Kier alpha value is -0.417. The fraction of sp³-hybridized carbons (Fsp3) is 0.273. The zero-order chi connectivity index (χ0) is 8.60. The van der Waals surface area contributed by atoms with Crippen molar-refractivity contribution in [1.29, 1.82) is 0 Å². The van der Waals surface area contributed by atoms with E-state index in [1.165, 1.54) is 35.9 Å². The summed E-state index contributed by atoms with van der Waals surface area (Å²) in [5.41, 5.74) is 2.95. The van der Waals surface area contributed by atoms with E-state index in [-0.39, 0.29) is 0 Å². The van der Waals surface area contributed by atoms with Crippen LogP contribution in [0.3, 0.4) is 0 Å². The Morgan fingerprint density at radius 2 is 2.08 bits per heavy atom. The Morgan fingerprint density at radius 1 is 1.33 bits per heavy atom. The van der Waals surface area contributed by atoms with Crippen LogP contribution in [0.1, 0.15) is 24.5 Å². The standard InChI is InChI=1S/C11H11.Zn/c1-9-5-4-7-10-6-2-3-8-11(9)10;/h2-4,6-8H,5H2,1H3;. The maximum atomic E-state index is 2.36. The minimum atomic E-state index is 0.450. The second-order valence-corrected chi connectivity index (χ2v) is 7.03. The number of hydrogen-bond donors (Lipinski definition) is 0. The molecule has 1 aliphatic rings. The Kier molecular flexibility index (Phi) is 1.92. The Morgan fingerprint density at radius 3 is 2.83 bits per heavy atom. The van der Waals surface area contributed by atoms with Crippen molar-refractivity contribution in [3.63, 3.8) is 0 Å². The first-order valence-electron chi connectivity index (χ1n) is 4.31. The minimum absolute atomic E-state index is 0.450. The summed E-state index contributed by atoms with van der Waals surface area (Å²) in [5.74, 6) is 0. The molecular formula is C11H11Zn. The van der Waals surface area contributed by atoms with Crippen molar-refractivity contribution in [2.75, 3.05) is 0 Å². The average Bonchev–Trinajstić information content (AvgIpc) is 2.04. The van der Waals surface area contributed by atoms with Crippen LogP contribution >= 0.6 is 0 Å². The molecule has 0 saturated heterocycles. The molecule has 0 radical (unpaired) electrons. The molecule has 0 aliphatic heterocycles. The van der Waals surface area contributed by atoms with Crippen LogP contribution < -0.4 is 0 Å². The van der Waals surface area contributed by atoms with Gasteiger partial charge in [-0.3, -0.25) is 0 Å². The van der Waals surface area contributed by atoms with Gasteiger partial charge >= 0.3 is 83.2 Å². The summed E-state index contributed by atoms with van der Waals surface area (Å²) in [6.45, 7) is 2.36. The third kappa shape index (κ3) is 1.27. The van der Waals surface area contributed by atoms with Crippen LogP contribution in [0, 0.1) is 0 Å². The van der Waals surface area contributed by atoms with Crippen molar-refractivity contribution in [3.05, 3.63) is 41.5 Å². The normalized spacial score (nSPS) is 26.9. The van der Waals surface area contributed by atoms with Gasteiger partial charge in [-0.15, -0.1) is 0 Å². The molecule has 0 bridgehead atoms. The third-order valence-electron chi connectivity index (χ3n) is 2.48. The van der Waals surface area contributed by atoms with Gasteiger partial charge in [-0.25, -0.2) is 0 Å². The molecule has 0 heterocycles. The van der Waals surface area contributed by atoms with E-state index in [9.17, 15) is 0 Å². The van der Waals surface area contributed by atoms with E-state index in [1.807, 2.05) is 0 Å². The molecule has 1 atom stereocenters. The summed E-state index contributed by atoms with van der Waals surface area (Å²) in [5, 5.41) is 0. The molecule has 0 fully saturated rings. The first-order chi connectivity index (χ1) is 5.70. The SMILES string of the molecule is C[C]1([Zn])CC=Cc2ccccc21. The zero-order valence-electron chi connectivity index (χ0n) is 7.38. The average molecular weight is 209 g/mol. The van der Waals surface area contributed by atoms with Gasteiger partial charge in [0.05, 0.1) is 0 Å². The molecule has 1 unspecified atom stereocenters. The van der Waals surface area contributed by atoms with Crippen molar-refractivity contribution in [1.82, 2.24) is 0 Å². The summed E-state index contributed by atoms with van der Waals surface area (Å²) in [4.78, 5) is 0. The summed E-state index contributed by atoms with van der Waals surface area (Å²) in [6, 6.07) is 8.73. The molecule has 12 heavy (non-hydrogen) atoms. The molecule has 57 valence electrons. The summed E-state index contributed by atoms with van der Waals surface area (Å²) in [7, 11) is 0. The second-order valence-electron chi connectivity index (χ2n) is 3.75. The van der Waals surface area contributed by atoms with Gasteiger partial charge in [0.25, 0.3) is 0 Å². The quantitative estimate of drug-likeness (QED) is 0.575. The van der Waals surface area contributed by atoms with E-state index in [0.29, 0.717) is 4.01 Å². The number of allylic oxidation sites excluding steroid dienone is 1. The van der Waals surface area contributed by atoms with Gasteiger partial charge in [-0.05, 0) is 0 Å². The van der Waals surface area contributed by atoms with Crippen LogP contribution in [0.25, 0.3) is 6.08 Å². The van der Waals surface area contributed by atoms with E-state index in [1.54, 1.807) is 0 Å². The molecule has 0 spiro atoms. The zero-order valence-corrected chi connectivity index (χ0v) is 10.3. The van der Waals surface area contributed by atoms with Crippen molar-refractivity contribution >= 4 is 6.08 Å². The Bertz CT molecular complexity index is 324. The predicted octanol–water partition coefficient (Wildman–Crippen LogP) is 2.87. The molecule has 0 aromatic heterocycles. The van der Waals surface area contributed by atoms with Crippen LogP contribution in [-0.4, -0.2) is 0 Å². The second kappa shape index (κ2) is 2.81. The van der Waals surface area contributed by atoms with Crippen LogP contribution in [0.5, 0.6) is 0 Å². The van der Waals surface area contributed by atoms with Crippen LogP contribution in [-0.2, 0) is 22.3 Å². The monoisotopic (exact) mass is 207 g/mol. The van der Waals surface area contributed by atoms with Crippen LogP contribution in [0.2, 0.25) is 0 Å². The van der Waals surface area contributed by atoms with Crippen molar-refractivity contribution < 1.29 is 18.3 Å². The van der Waals surface area contributed by atoms with Crippen LogP contribution in [0.4, 0.5) is 0 Å². The van der Waals surface area contributed by atoms with Gasteiger partial charge in [0, 0.05) is 0 Å². The van der Waals surface area contributed by atoms with Gasteiger partial charge in [0.15, 0.2) is 0 Å². The van der Waals surface area contributed by atoms with Gasteiger partial charge in [0.2, 0.25) is 0 Å². The van der Waals surface area contributed by atoms with Gasteiger partial charge in [0.1, 0.15) is 0 Å². The molecule has 1 aliphatic carbocycles.